The Balaban J connectivity index is 1.98. The minimum Gasteiger partial charge on any atom is -0.323 e. The van der Waals surface area contributed by atoms with Crippen molar-refractivity contribution in [1.29, 1.82) is 0 Å². The Morgan fingerprint density at radius 1 is 0.893 bits per heavy atom. The van der Waals surface area contributed by atoms with Crippen molar-refractivity contribution in [3.8, 4) is 0 Å². The second-order valence-electron chi connectivity index (χ2n) is 6.43. The Kier molecular flexibility index (Phi) is 8.13. The molecule has 0 spiro atoms. The predicted molar refractivity (Wildman–Crippen MR) is 117 cm³/mol. The summed E-state index contributed by atoms with van der Waals surface area (Å²) in [6, 6.07) is 8.72. The third-order valence-corrected chi connectivity index (χ3v) is 5.03. The lowest BCUT2D eigenvalue weighted by atomic mass is 10.1. The average Bonchev–Trinajstić information content (AvgIpc) is 2.60. The summed E-state index contributed by atoms with van der Waals surface area (Å²) in [5.74, 6) is -0.562. The summed E-state index contributed by atoms with van der Waals surface area (Å²) in [5.41, 5.74) is 2.84. The Hall–Kier alpha value is -1.79. The molecule has 2 N–H and O–H groups in total. The van der Waals surface area contributed by atoms with Crippen LogP contribution in [0.15, 0.2) is 30.3 Å². The zero-order chi connectivity index (χ0) is 20.8. The first kappa shape index (κ1) is 22.5. The molecule has 150 valence electrons. The molecule has 28 heavy (non-hydrogen) atoms. The number of nitrogens with one attached hydrogen (secondary N) is 2. The third kappa shape index (κ3) is 6.11. The summed E-state index contributed by atoms with van der Waals surface area (Å²) < 4.78 is 0. The van der Waals surface area contributed by atoms with Gasteiger partial charge in [0.05, 0.1) is 39.5 Å². The first-order valence-electron chi connectivity index (χ1n) is 8.74. The van der Waals surface area contributed by atoms with Crippen LogP contribution in [0.4, 0.5) is 11.4 Å². The fraction of sp³-hybridized carbons (Fsp3) is 0.300. The number of aryl methyl sites for hydroxylation is 2. The summed E-state index contributed by atoms with van der Waals surface area (Å²) in [5, 5.41) is 6.71. The van der Waals surface area contributed by atoms with Crippen LogP contribution in [0.1, 0.15) is 18.1 Å². The Morgan fingerprint density at radius 2 is 1.43 bits per heavy atom. The van der Waals surface area contributed by atoms with Gasteiger partial charge in [-0.2, -0.15) is 0 Å². The van der Waals surface area contributed by atoms with E-state index in [9.17, 15) is 9.59 Å². The van der Waals surface area contributed by atoms with E-state index in [1.807, 2.05) is 26.8 Å². The lowest BCUT2D eigenvalue weighted by Gasteiger charge is -2.20. The van der Waals surface area contributed by atoms with Crippen molar-refractivity contribution in [3.05, 3.63) is 56.5 Å². The van der Waals surface area contributed by atoms with Crippen molar-refractivity contribution < 1.29 is 9.59 Å². The normalized spacial score (nSPS) is 10.8. The highest BCUT2D eigenvalue weighted by molar-refractivity contribution is 6.39. The van der Waals surface area contributed by atoms with Crippen LogP contribution in [0, 0.1) is 13.8 Å². The molecule has 0 aliphatic heterocycles. The molecule has 0 unspecified atom stereocenters. The van der Waals surface area contributed by atoms with Gasteiger partial charge < -0.3 is 10.6 Å². The number of para-hydroxylation sites is 1. The standard InChI is InChI=1S/C20H22Cl3N3O2/c1-4-26(11-18(28)25-20-14(21)6-5-7-15(20)22)10-17(27)24-19-13(3)8-12(2)9-16(19)23/h5-9H,4,10-11H2,1-3H3,(H,24,27)(H,25,28). The molecular weight excluding hydrogens is 421 g/mol. The lowest BCUT2D eigenvalue weighted by Crippen LogP contribution is -2.38. The Bertz CT molecular complexity index is 844. The van der Waals surface area contributed by atoms with Crippen LogP contribution in [0.25, 0.3) is 0 Å². The maximum atomic E-state index is 12.4. The molecule has 0 fully saturated rings. The number of likely N-dealkylation sites (N-methyl/N-ethyl adjacent to an activating group) is 1. The van der Waals surface area contributed by atoms with Crippen molar-refractivity contribution >= 4 is 58.0 Å². The van der Waals surface area contributed by atoms with E-state index in [0.29, 0.717) is 33.0 Å². The van der Waals surface area contributed by atoms with Gasteiger partial charge in [-0.1, -0.05) is 53.9 Å². The molecule has 0 aromatic heterocycles. The molecule has 0 heterocycles. The minimum absolute atomic E-state index is 0.0199. The van der Waals surface area contributed by atoms with E-state index >= 15 is 0 Å². The van der Waals surface area contributed by atoms with Crippen molar-refractivity contribution in [2.45, 2.75) is 20.8 Å². The van der Waals surface area contributed by atoms with Crippen molar-refractivity contribution in [2.75, 3.05) is 30.3 Å². The maximum Gasteiger partial charge on any atom is 0.238 e. The topological polar surface area (TPSA) is 61.4 Å². The van der Waals surface area contributed by atoms with Gasteiger partial charge >= 0.3 is 0 Å². The summed E-state index contributed by atoms with van der Waals surface area (Å²) in [7, 11) is 0. The molecule has 0 radical (unpaired) electrons. The Labute approximate surface area is 180 Å². The minimum atomic E-state index is -0.311. The molecule has 0 saturated carbocycles. The monoisotopic (exact) mass is 441 g/mol. The van der Waals surface area contributed by atoms with Crippen LogP contribution in [0.3, 0.4) is 0 Å². The molecule has 0 bridgehead atoms. The largest absolute Gasteiger partial charge is 0.323 e. The second kappa shape index (κ2) is 10.1. The van der Waals surface area contributed by atoms with Crippen LogP contribution < -0.4 is 10.6 Å². The number of hydrogen-bond acceptors (Lipinski definition) is 3. The number of carbonyl (C=O) groups is 2. The van der Waals surface area contributed by atoms with E-state index in [0.717, 1.165) is 11.1 Å². The van der Waals surface area contributed by atoms with Crippen molar-refractivity contribution in [1.82, 2.24) is 4.90 Å². The fourth-order valence-corrected chi connectivity index (χ4v) is 3.60. The van der Waals surface area contributed by atoms with Crippen molar-refractivity contribution in [3.63, 3.8) is 0 Å². The average molecular weight is 443 g/mol. The van der Waals surface area contributed by atoms with Gasteiger partial charge in [0.2, 0.25) is 11.8 Å². The predicted octanol–water partition coefficient (Wildman–Crippen LogP) is 5.16. The Morgan fingerprint density at radius 3 is 1.93 bits per heavy atom. The summed E-state index contributed by atoms with van der Waals surface area (Å²) in [4.78, 5) is 26.5. The number of amides is 2. The molecule has 8 heteroatoms. The second-order valence-corrected chi connectivity index (χ2v) is 7.66. The summed E-state index contributed by atoms with van der Waals surface area (Å²) in [6.07, 6.45) is 0. The zero-order valence-electron chi connectivity index (χ0n) is 15.9. The summed E-state index contributed by atoms with van der Waals surface area (Å²) >= 11 is 18.4. The third-order valence-electron chi connectivity index (χ3n) is 4.10. The number of rotatable bonds is 7. The van der Waals surface area contributed by atoms with E-state index < -0.39 is 0 Å². The highest BCUT2D eigenvalue weighted by Crippen LogP contribution is 2.30. The number of nitrogens with zero attached hydrogens (tertiary/aromatic N) is 1. The molecule has 0 atom stereocenters. The van der Waals surface area contributed by atoms with E-state index in [4.69, 9.17) is 34.8 Å². The van der Waals surface area contributed by atoms with E-state index in [-0.39, 0.29) is 24.9 Å². The highest BCUT2D eigenvalue weighted by atomic mass is 35.5. The molecular formula is C20H22Cl3N3O2. The van der Waals surface area contributed by atoms with Crippen LogP contribution in [0.5, 0.6) is 0 Å². The van der Waals surface area contributed by atoms with Gasteiger partial charge in [-0.25, -0.2) is 0 Å². The molecule has 2 aromatic rings. The zero-order valence-corrected chi connectivity index (χ0v) is 18.2. The van der Waals surface area contributed by atoms with Gasteiger partial charge in [-0.05, 0) is 49.7 Å². The molecule has 2 amide bonds. The number of carbonyl (C=O) groups excluding carboxylic acids is 2. The smallest absolute Gasteiger partial charge is 0.238 e. The van der Waals surface area contributed by atoms with Gasteiger partial charge in [-0.3, -0.25) is 14.5 Å². The summed E-state index contributed by atoms with van der Waals surface area (Å²) in [6.45, 7) is 6.26. The van der Waals surface area contributed by atoms with Gasteiger partial charge in [0, 0.05) is 0 Å². The number of halogens is 3. The fourth-order valence-electron chi connectivity index (χ4n) is 2.73. The molecule has 2 rings (SSSR count). The number of benzene rings is 2. The SMILES string of the molecule is CCN(CC(=O)Nc1c(C)cc(C)cc1Cl)CC(=O)Nc1c(Cl)cccc1Cl. The van der Waals surface area contributed by atoms with Crippen LogP contribution >= 0.6 is 34.8 Å². The van der Waals surface area contributed by atoms with Crippen molar-refractivity contribution in [2.24, 2.45) is 0 Å². The first-order valence-corrected chi connectivity index (χ1v) is 9.87. The van der Waals surface area contributed by atoms with E-state index in [2.05, 4.69) is 10.6 Å². The lowest BCUT2D eigenvalue weighted by molar-refractivity contribution is -0.119. The van der Waals surface area contributed by atoms with Gasteiger partial charge in [-0.15, -0.1) is 0 Å². The van der Waals surface area contributed by atoms with E-state index in [1.54, 1.807) is 29.2 Å². The van der Waals surface area contributed by atoms with Gasteiger partial charge in [0.15, 0.2) is 0 Å². The van der Waals surface area contributed by atoms with E-state index in [1.165, 1.54) is 0 Å². The van der Waals surface area contributed by atoms with Crippen LogP contribution in [0.2, 0.25) is 15.1 Å². The first-order chi connectivity index (χ1) is 13.2. The highest BCUT2D eigenvalue weighted by Gasteiger charge is 2.17. The molecule has 5 nitrogen and oxygen atoms in total. The molecule has 0 aliphatic carbocycles. The molecule has 0 saturated heterocycles. The molecule has 0 aliphatic rings. The number of anilines is 2. The van der Waals surface area contributed by atoms with Gasteiger partial charge in [0.25, 0.3) is 0 Å². The van der Waals surface area contributed by atoms with Crippen LogP contribution in [-0.2, 0) is 9.59 Å². The van der Waals surface area contributed by atoms with Crippen LogP contribution in [-0.4, -0.2) is 36.3 Å². The quantitative estimate of drug-likeness (QED) is 0.622. The maximum absolute atomic E-state index is 12.4. The number of hydrogen-bond donors (Lipinski definition) is 2. The van der Waals surface area contributed by atoms with Gasteiger partial charge in [0.1, 0.15) is 0 Å². The molecule has 2 aromatic carbocycles.